The fourth-order valence-electron chi connectivity index (χ4n) is 7.94. The summed E-state index contributed by atoms with van der Waals surface area (Å²) in [7, 11) is 0. The summed E-state index contributed by atoms with van der Waals surface area (Å²) in [6, 6.07) is -3.68. The minimum atomic E-state index is -1.84. The smallest absolute Gasteiger partial charge is 0.308 e. The van der Waals surface area contributed by atoms with Crippen molar-refractivity contribution in [3.05, 3.63) is 24.3 Å². The molecule has 2 aliphatic heterocycles. The number of nitrogens with zero attached hydrogens (tertiary/aromatic N) is 2. The highest BCUT2D eigenvalue weighted by Gasteiger charge is 2.37. The predicted octanol–water partition coefficient (Wildman–Crippen LogP) is -2.88. The number of rotatable bonds is 55. The lowest BCUT2D eigenvalue weighted by Crippen LogP contribution is -2.64. The van der Waals surface area contributed by atoms with Gasteiger partial charge in [-0.3, -0.25) is 76.9 Å². The number of carbonyl (C=O) groups is 14. The second-order valence-electron chi connectivity index (χ2n) is 21.4. The van der Waals surface area contributed by atoms with E-state index in [4.69, 9.17) is 43.0 Å². The normalized spacial score (nSPS) is 13.4. The number of hydrogen-bond acceptors (Lipinski definition) is 22. The van der Waals surface area contributed by atoms with Crippen LogP contribution in [0.3, 0.4) is 0 Å². The zero-order valence-electron chi connectivity index (χ0n) is 53.0. The molecule has 2 atom stereocenters. The first-order valence-electron chi connectivity index (χ1n) is 30.8. The van der Waals surface area contributed by atoms with Gasteiger partial charge in [-0.1, -0.05) is 0 Å². The third-order valence-corrected chi connectivity index (χ3v) is 12.6. The molecule has 9 N–H and O–H groups in total. The van der Waals surface area contributed by atoms with Crippen LogP contribution in [-0.2, 0) is 105 Å². The number of nitrogens with one attached hydrogen (secondary N) is 8. The third kappa shape index (κ3) is 40.8. The lowest BCUT2D eigenvalue weighted by Gasteiger charge is -2.28. The molecule has 0 bridgehead atoms. The fraction of sp³-hybridized carbons (Fsp3) is 0.695. The van der Waals surface area contributed by atoms with Crippen molar-refractivity contribution in [2.75, 3.05) is 145 Å². The van der Waals surface area contributed by atoms with Crippen molar-refractivity contribution in [1.82, 2.24) is 52.3 Å². The summed E-state index contributed by atoms with van der Waals surface area (Å²) in [5, 5.41) is 29.8. The van der Waals surface area contributed by atoms with Gasteiger partial charge < -0.3 is 85.5 Å². The van der Waals surface area contributed by atoms with E-state index >= 15 is 0 Å². The molecule has 0 aromatic carbocycles. The quantitative estimate of drug-likeness (QED) is 0.0168. The van der Waals surface area contributed by atoms with Gasteiger partial charge in [0.1, 0.15) is 17.7 Å². The van der Waals surface area contributed by atoms with Crippen molar-refractivity contribution >= 4 is 82.8 Å². The van der Waals surface area contributed by atoms with Crippen molar-refractivity contribution in [2.45, 2.75) is 122 Å². The number of carbonyl (C=O) groups excluding carboxylic acids is 13. The topological polar surface area (TPSA) is 436 Å². The maximum atomic E-state index is 13.7. The van der Waals surface area contributed by atoms with Gasteiger partial charge in [0, 0.05) is 122 Å². The third-order valence-electron chi connectivity index (χ3n) is 12.6. The summed E-state index contributed by atoms with van der Waals surface area (Å²) in [6.07, 6.45) is 5.32. The van der Waals surface area contributed by atoms with Crippen LogP contribution in [0.1, 0.15) is 104 Å². The van der Waals surface area contributed by atoms with Crippen LogP contribution in [-0.4, -0.2) is 260 Å². The molecule has 0 aromatic rings. The highest BCUT2D eigenvalue weighted by Crippen LogP contribution is 2.10. The van der Waals surface area contributed by atoms with E-state index < -0.39 is 83.8 Å². The molecule has 0 fully saturated rings. The highest BCUT2D eigenvalue weighted by atomic mass is 16.6. The number of amides is 12. The Bertz CT molecular complexity index is 2400. The molecule has 12 amide bonds. The predicted molar refractivity (Wildman–Crippen MR) is 323 cm³/mol. The maximum Gasteiger partial charge on any atom is 0.308 e. The number of esters is 1. The molecule has 2 unspecified atom stereocenters. The van der Waals surface area contributed by atoms with Crippen LogP contribution in [0, 0.1) is 0 Å². The maximum absolute atomic E-state index is 13.7. The zero-order valence-corrected chi connectivity index (χ0v) is 53.0. The molecule has 0 aliphatic carbocycles. The van der Waals surface area contributed by atoms with Crippen molar-refractivity contribution in [3.8, 4) is 0 Å². The van der Waals surface area contributed by atoms with Crippen molar-refractivity contribution in [3.63, 3.8) is 0 Å². The minimum Gasteiger partial charge on any atom is -0.481 e. The van der Waals surface area contributed by atoms with Crippen LogP contribution in [0.15, 0.2) is 24.3 Å². The van der Waals surface area contributed by atoms with E-state index in [1.807, 2.05) is 0 Å². The fourth-order valence-corrected chi connectivity index (χ4v) is 7.94. The number of aliphatic carboxylic acids is 1. The number of carboxylic acid groups (broad SMARTS) is 1. The Morgan fingerprint density at radius 3 is 1.05 bits per heavy atom. The van der Waals surface area contributed by atoms with Gasteiger partial charge in [-0.2, -0.15) is 0 Å². The average Bonchev–Trinajstić information content (AvgIpc) is 1.45. The molecule has 0 saturated heterocycles. The molecular formula is C59H94N10O23. The Kier molecular flexibility index (Phi) is 42.7. The van der Waals surface area contributed by atoms with E-state index in [9.17, 15) is 67.1 Å². The Balaban J connectivity index is 1.50. The molecule has 0 radical (unpaired) electrons. The van der Waals surface area contributed by atoms with Crippen LogP contribution in [0.2, 0.25) is 0 Å². The van der Waals surface area contributed by atoms with Crippen LogP contribution < -0.4 is 42.5 Å². The summed E-state index contributed by atoms with van der Waals surface area (Å²) in [5.74, 6) is -8.86. The highest BCUT2D eigenvalue weighted by molar-refractivity contribution is 6.13. The first-order valence-corrected chi connectivity index (χ1v) is 30.8. The largest absolute Gasteiger partial charge is 0.481 e. The zero-order chi connectivity index (χ0) is 67.8. The molecule has 0 spiro atoms. The summed E-state index contributed by atoms with van der Waals surface area (Å²) < 4.78 is 43.2. The van der Waals surface area contributed by atoms with Gasteiger partial charge in [0.25, 0.3) is 23.6 Å². The van der Waals surface area contributed by atoms with Crippen LogP contribution >= 0.6 is 0 Å². The molecular weight excluding hydrogens is 1220 g/mol. The van der Waals surface area contributed by atoms with Gasteiger partial charge in [-0.15, -0.1) is 0 Å². The minimum absolute atomic E-state index is 0.0368. The Morgan fingerprint density at radius 2 is 0.685 bits per heavy atom. The number of imide groups is 2. The molecule has 33 heteroatoms. The van der Waals surface area contributed by atoms with E-state index in [0.29, 0.717) is 91.7 Å². The molecule has 518 valence electrons. The molecule has 2 heterocycles. The monoisotopic (exact) mass is 1310 g/mol. The van der Waals surface area contributed by atoms with Crippen LogP contribution in [0.4, 0.5) is 0 Å². The van der Waals surface area contributed by atoms with Crippen molar-refractivity contribution in [1.29, 1.82) is 0 Å². The number of unbranched alkanes of at least 4 members (excludes halogenated alkanes) is 2. The van der Waals surface area contributed by atoms with E-state index in [0.717, 1.165) is 34.1 Å². The summed E-state index contributed by atoms with van der Waals surface area (Å²) >= 11 is 0. The van der Waals surface area contributed by atoms with Crippen molar-refractivity contribution in [2.24, 2.45) is 0 Å². The van der Waals surface area contributed by atoms with Crippen molar-refractivity contribution < 1.29 is 110 Å². The van der Waals surface area contributed by atoms with E-state index in [2.05, 4.69) is 42.5 Å². The summed E-state index contributed by atoms with van der Waals surface area (Å²) in [5.41, 5.74) is -0.530. The number of hydrogen-bond donors (Lipinski definition) is 9. The molecule has 33 nitrogen and oxygen atoms in total. The average molecular weight is 1310 g/mol. The van der Waals surface area contributed by atoms with E-state index in [1.54, 1.807) is 20.8 Å². The Morgan fingerprint density at radius 1 is 0.370 bits per heavy atom. The lowest BCUT2D eigenvalue weighted by molar-refractivity contribution is -0.156. The first kappa shape index (κ1) is 80.3. The van der Waals surface area contributed by atoms with Gasteiger partial charge in [0.15, 0.2) is 0 Å². The standard InChI is InChI=1S/C59H94N10O23/c1-59(2,3)92-54(82)20-32-88-36-40-90-34-26-63-45(72)18-30-85-35-39-89-33-25-62-46(73)19-31-87-38-42-91-41-37-86-29-17-44(71)61-22-6-4-5-21-60-43(70)9-7-23-64-57(83)55(66-47(74)15-27-68-49(76)11-12-50(68)77)56(58(84)65-24-8-10-53(80)81)67-48(75)16-28-69-51(78)13-14-52(69)79/h11-14,55-56H,4-10,15-42H2,1-3H3,(H,60,70)(H,61,71)(H,62,73)(H,63,72)(H,64,83)(H,65,84)(H,66,74)(H,67,75)(H,80,81). The van der Waals surface area contributed by atoms with Crippen LogP contribution in [0.5, 0.6) is 0 Å². The Hall–Kier alpha value is -7.82. The van der Waals surface area contributed by atoms with Gasteiger partial charge >= 0.3 is 11.9 Å². The molecule has 92 heavy (non-hydrogen) atoms. The molecule has 0 saturated carbocycles. The SMILES string of the molecule is CC(C)(C)OC(=O)CCOCCOCCNC(=O)CCOCCOCCNC(=O)CCOCCOCCOCCC(=O)NCCCCCNC(=O)CCCNC(=O)C(NC(=O)CCN1C(=O)C=CC1=O)C(NC(=O)CCN1C(=O)C=CC1=O)C(=O)NCCCC(=O)O. The summed E-state index contributed by atoms with van der Waals surface area (Å²) in [6.45, 7) is 9.55. The summed E-state index contributed by atoms with van der Waals surface area (Å²) in [4.78, 5) is 175. The molecule has 0 aromatic heterocycles. The van der Waals surface area contributed by atoms with Gasteiger partial charge in [0.05, 0.1) is 98.9 Å². The molecule has 2 aliphatic rings. The second kappa shape index (κ2) is 48.9. The first-order chi connectivity index (χ1) is 44.1. The number of ether oxygens (including phenoxy) is 8. The molecule has 2 rings (SSSR count). The number of carboxylic acids is 1. The van der Waals surface area contributed by atoms with E-state index in [1.165, 1.54) is 0 Å². The van der Waals surface area contributed by atoms with E-state index in [-0.39, 0.29) is 153 Å². The van der Waals surface area contributed by atoms with Gasteiger partial charge in [-0.05, 0) is 52.9 Å². The lowest BCUT2D eigenvalue weighted by atomic mass is 10.0. The van der Waals surface area contributed by atoms with Gasteiger partial charge in [0.2, 0.25) is 47.3 Å². The van der Waals surface area contributed by atoms with Crippen LogP contribution in [0.25, 0.3) is 0 Å². The Labute approximate surface area is 534 Å². The van der Waals surface area contributed by atoms with Gasteiger partial charge in [-0.25, -0.2) is 0 Å². The second-order valence-corrected chi connectivity index (χ2v) is 21.4.